The van der Waals surface area contributed by atoms with Crippen molar-refractivity contribution in [3.05, 3.63) is 32.9 Å². The van der Waals surface area contributed by atoms with Crippen molar-refractivity contribution < 1.29 is 4.21 Å². The fraction of sp³-hybridized carbons (Fsp3) is 0.571. The molecule has 3 heteroatoms. The van der Waals surface area contributed by atoms with Gasteiger partial charge in [-0.05, 0) is 73.4 Å². The second-order valence-electron chi connectivity index (χ2n) is 5.53. The molecule has 17 heavy (non-hydrogen) atoms. The Morgan fingerprint density at radius 3 is 2.41 bits per heavy atom. The van der Waals surface area contributed by atoms with Crippen molar-refractivity contribution in [3.63, 3.8) is 0 Å². The Morgan fingerprint density at radius 2 is 1.94 bits per heavy atom. The second kappa shape index (κ2) is 5.83. The van der Waals surface area contributed by atoms with Gasteiger partial charge in [0, 0.05) is 24.9 Å². The molecule has 1 aromatic carbocycles. The lowest BCUT2D eigenvalue weighted by atomic mass is 10.0. The average molecular weight is 364 g/mol. The number of halogens is 1. The van der Waals surface area contributed by atoms with Crippen LogP contribution in [0.5, 0.6) is 0 Å². The summed E-state index contributed by atoms with van der Waals surface area (Å²) in [7, 11) is -0.782. The van der Waals surface area contributed by atoms with Gasteiger partial charge >= 0.3 is 0 Å². The van der Waals surface area contributed by atoms with Crippen LogP contribution in [0, 0.1) is 10.5 Å². The van der Waals surface area contributed by atoms with Gasteiger partial charge in [-0.15, -0.1) is 0 Å². The van der Waals surface area contributed by atoms with Crippen LogP contribution in [0.25, 0.3) is 0 Å². The fourth-order valence-electron chi connectivity index (χ4n) is 1.49. The molecular weight excluding hydrogens is 343 g/mol. The number of hydrogen-bond acceptors (Lipinski definition) is 1. The number of benzene rings is 1. The highest BCUT2D eigenvalue weighted by Crippen LogP contribution is 2.24. The number of hydrogen-bond donors (Lipinski definition) is 0. The van der Waals surface area contributed by atoms with E-state index in [1.165, 1.54) is 14.7 Å². The molecule has 1 aromatic rings. The van der Waals surface area contributed by atoms with E-state index in [0.717, 1.165) is 5.75 Å². The van der Waals surface area contributed by atoms with Crippen molar-refractivity contribution in [2.45, 2.75) is 45.3 Å². The van der Waals surface area contributed by atoms with Crippen molar-refractivity contribution >= 4 is 33.4 Å². The van der Waals surface area contributed by atoms with Crippen LogP contribution in [0.1, 0.15) is 44.7 Å². The molecule has 0 aliphatic rings. The quantitative estimate of drug-likeness (QED) is 0.733. The van der Waals surface area contributed by atoms with Crippen LogP contribution < -0.4 is 0 Å². The SMILES string of the molecule is Cc1ccc([C@@H](C)CS(=O)C(C)(C)C)cc1I. The van der Waals surface area contributed by atoms with Crippen LogP contribution in [0.3, 0.4) is 0 Å². The van der Waals surface area contributed by atoms with E-state index >= 15 is 0 Å². The maximum absolute atomic E-state index is 12.1. The summed E-state index contributed by atoms with van der Waals surface area (Å²) in [5, 5.41) is 0. The van der Waals surface area contributed by atoms with Gasteiger partial charge in [-0.3, -0.25) is 4.21 Å². The molecule has 0 spiro atoms. The second-order valence-corrected chi connectivity index (χ2v) is 8.95. The Morgan fingerprint density at radius 1 is 1.35 bits per heavy atom. The normalized spacial score (nSPS) is 15.6. The molecule has 0 heterocycles. The first-order valence-electron chi connectivity index (χ1n) is 5.86. The predicted octanol–water partition coefficient (Wildman–Crippen LogP) is 4.25. The maximum Gasteiger partial charge on any atom is 0.0375 e. The highest BCUT2D eigenvalue weighted by atomic mass is 127. The van der Waals surface area contributed by atoms with Crippen LogP contribution in [-0.4, -0.2) is 14.7 Å². The topological polar surface area (TPSA) is 17.1 Å². The standard InChI is InChI=1S/C14H21IOS/c1-10-6-7-12(8-13(10)15)11(2)9-17(16)14(3,4)5/h6-8,11H,9H2,1-5H3/t11-,17?/m0/s1. The van der Waals surface area contributed by atoms with Crippen LogP contribution in [0.4, 0.5) is 0 Å². The third-order valence-electron chi connectivity index (χ3n) is 2.85. The van der Waals surface area contributed by atoms with Gasteiger partial charge in [0.25, 0.3) is 0 Å². The summed E-state index contributed by atoms with van der Waals surface area (Å²) in [6.45, 7) is 10.4. The molecule has 0 amide bonds. The summed E-state index contributed by atoms with van der Waals surface area (Å²) < 4.78 is 13.3. The molecule has 0 bridgehead atoms. The lowest BCUT2D eigenvalue weighted by molar-refractivity contribution is 0.642. The Labute approximate surface area is 121 Å². The molecule has 1 rings (SSSR count). The lowest BCUT2D eigenvalue weighted by Crippen LogP contribution is -2.26. The fourth-order valence-corrected chi connectivity index (χ4v) is 3.17. The molecule has 0 radical (unpaired) electrons. The minimum Gasteiger partial charge on any atom is -0.259 e. The van der Waals surface area contributed by atoms with Gasteiger partial charge in [-0.1, -0.05) is 19.1 Å². The maximum atomic E-state index is 12.1. The molecule has 0 saturated heterocycles. The summed E-state index contributed by atoms with van der Waals surface area (Å²) >= 11 is 2.36. The zero-order valence-electron chi connectivity index (χ0n) is 11.2. The average Bonchev–Trinajstić information content (AvgIpc) is 2.20. The minimum atomic E-state index is -0.782. The molecule has 0 aliphatic heterocycles. The zero-order chi connectivity index (χ0) is 13.2. The minimum absolute atomic E-state index is 0.119. The van der Waals surface area contributed by atoms with Gasteiger partial charge in [0.05, 0.1) is 0 Å². The van der Waals surface area contributed by atoms with E-state index in [0.29, 0.717) is 5.92 Å². The molecule has 0 N–H and O–H groups in total. The molecule has 1 unspecified atom stereocenters. The number of aryl methyl sites for hydroxylation is 1. The third-order valence-corrected chi connectivity index (χ3v) is 6.18. The summed E-state index contributed by atoms with van der Waals surface area (Å²) in [6.07, 6.45) is 0. The summed E-state index contributed by atoms with van der Waals surface area (Å²) in [4.78, 5) is 0. The monoisotopic (exact) mass is 364 g/mol. The Balaban J connectivity index is 2.80. The van der Waals surface area contributed by atoms with Gasteiger partial charge in [0.2, 0.25) is 0 Å². The van der Waals surface area contributed by atoms with Crippen LogP contribution in [0.2, 0.25) is 0 Å². The lowest BCUT2D eigenvalue weighted by Gasteiger charge is -2.21. The van der Waals surface area contributed by atoms with Gasteiger partial charge in [-0.25, -0.2) is 0 Å². The molecule has 1 nitrogen and oxygen atoms in total. The van der Waals surface area contributed by atoms with Crippen molar-refractivity contribution in [3.8, 4) is 0 Å². The first-order valence-corrected chi connectivity index (χ1v) is 8.26. The predicted molar refractivity (Wildman–Crippen MR) is 85.1 cm³/mol. The zero-order valence-corrected chi connectivity index (χ0v) is 14.2. The summed E-state index contributed by atoms with van der Waals surface area (Å²) in [6, 6.07) is 6.51. The molecule has 0 aromatic heterocycles. The summed E-state index contributed by atoms with van der Waals surface area (Å²) in [5.41, 5.74) is 2.59. The molecule has 0 aliphatic carbocycles. The van der Waals surface area contributed by atoms with Crippen molar-refractivity contribution in [2.24, 2.45) is 0 Å². The van der Waals surface area contributed by atoms with Gasteiger partial charge < -0.3 is 0 Å². The highest BCUT2D eigenvalue weighted by molar-refractivity contribution is 14.1. The Hall–Kier alpha value is 0.100. The van der Waals surface area contributed by atoms with Crippen LogP contribution in [0.15, 0.2) is 18.2 Å². The van der Waals surface area contributed by atoms with Crippen molar-refractivity contribution in [1.29, 1.82) is 0 Å². The van der Waals surface area contributed by atoms with E-state index in [4.69, 9.17) is 0 Å². The largest absolute Gasteiger partial charge is 0.259 e. The molecule has 2 atom stereocenters. The van der Waals surface area contributed by atoms with Gasteiger partial charge in [-0.2, -0.15) is 0 Å². The van der Waals surface area contributed by atoms with Gasteiger partial charge in [0.1, 0.15) is 0 Å². The van der Waals surface area contributed by atoms with Crippen LogP contribution in [-0.2, 0) is 10.8 Å². The molecule has 96 valence electrons. The number of rotatable bonds is 3. The molecule has 0 fully saturated rings. The first kappa shape index (κ1) is 15.2. The van der Waals surface area contributed by atoms with Crippen LogP contribution >= 0.6 is 22.6 Å². The van der Waals surface area contributed by atoms with E-state index in [-0.39, 0.29) is 4.75 Å². The molecule has 0 saturated carbocycles. The summed E-state index contributed by atoms with van der Waals surface area (Å²) in [5.74, 6) is 1.09. The smallest absolute Gasteiger partial charge is 0.0375 e. The first-order chi connectivity index (χ1) is 7.71. The van der Waals surface area contributed by atoms with E-state index in [9.17, 15) is 4.21 Å². The highest BCUT2D eigenvalue weighted by Gasteiger charge is 2.22. The van der Waals surface area contributed by atoms with Gasteiger partial charge in [0.15, 0.2) is 0 Å². The van der Waals surface area contributed by atoms with Crippen molar-refractivity contribution in [1.82, 2.24) is 0 Å². The Kier molecular flexibility index (Phi) is 5.20. The van der Waals surface area contributed by atoms with E-state index in [1.54, 1.807) is 0 Å². The van der Waals surface area contributed by atoms with E-state index in [2.05, 4.69) is 54.6 Å². The van der Waals surface area contributed by atoms with E-state index in [1.807, 2.05) is 20.8 Å². The molecular formula is C14H21IOS. The Bertz CT molecular complexity index is 421. The third kappa shape index (κ3) is 4.36. The van der Waals surface area contributed by atoms with E-state index < -0.39 is 10.8 Å². The van der Waals surface area contributed by atoms with Crippen molar-refractivity contribution in [2.75, 3.05) is 5.75 Å².